The summed E-state index contributed by atoms with van der Waals surface area (Å²) in [6.45, 7) is 2.82. The van der Waals surface area contributed by atoms with E-state index in [1.165, 1.54) is 0 Å². The van der Waals surface area contributed by atoms with Crippen LogP contribution in [0.25, 0.3) is 0 Å². The summed E-state index contributed by atoms with van der Waals surface area (Å²) in [5.41, 5.74) is 0. The topological polar surface area (TPSA) is 20.1 Å². The average Bonchev–Trinajstić information content (AvgIpc) is 2.14. The van der Waals surface area contributed by atoms with Crippen LogP contribution < -0.4 is 0 Å². The SMILES string of the molecule is CC=[N+]1CCCC1=O. The molecule has 0 radical (unpaired) electrons. The molecule has 0 bridgehead atoms. The first-order valence-corrected chi connectivity index (χ1v) is 2.93. The van der Waals surface area contributed by atoms with Gasteiger partial charge in [-0.05, 0) is 0 Å². The molecule has 0 unspecified atom stereocenters. The Morgan fingerprint density at radius 2 is 2.50 bits per heavy atom. The van der Waals surface area contributed by atoms with Crippen LogP contribution in [0.2, 0.25) is 0 Å². The van der Waals surface area contributed by atoms with Crippen molar-refractivity contribution in [3.8, 4) is 0 Å². The molecule has 2 heteroatoms. The zero-order chi connectivity index (χ0) is 5.98. The van der Waals surface area contributed by atoms with Crippen LogP contribution in [0.3, 0.4) is 0 Å². The fourth-order valence-electron chi connectivity index (χ4n) is 0.942. The molecule has 0 aromatic carbocycles. The highest BCUT2D eigenvalue weighted by molar-refractivity contribution is 5.73. The summed E-state index contributed by atoms with van der Waals surface area (Å²) in [5.74, 6) is 0.271. The summed E-state index contributed by atoms with van der Waals surface area (Å²) in [7, 11) is 0. The molecule has 1 saturated heterocycles. The molecule has 8 heavy (non-hydrogen) atoms. The van der Waals surface area contributed by atoms with Gasteiger partial charge in [0, 0.05) is 13.3 Å². The summed E-state index contributed by atoms with van der Waals surface area (Å²) in [6.07, 6.45) is 3.61. The number of nitrogens with zero attached hydrogens (tertiary/aromatic N) is 1. The fourth-order valence-corrected chi connectivity index (χ4v) is 0.942. The van der Waals surface area contributed by atoms with E-state index in [0.29, 0.717) is 0 Å². The van der Waals surface area contributed by atoms with Gasteiger partial charge >= 0.3 is 5.91 Å². The Balaban J connectivity index is 2.69. The van der Waals surface area contributed by atoms with E-state index in [9.17, 15) is 4.79 Å². The number of amides is 1. The number of carbonyl (C=O) groups is 1. The second-order valence-electron chi connectivity index (χ2n) is 1.95. The normalized spacial score (nSPS) is 25.1. The maximum Gasteiger partial charge on any atom is 0.386 e. The first kappa shape index (κ1) is 5.48. The second kappa shape index (κ2) is 2.07. The zero-order valence-electron chi connectivity index (χ0n) is 5.05. The van der Waals surface area contributed by atoms with E-state index < -0.39 is 0 Å². The van der Waals surface area contributed by atoms with Gasteiger partial charge in [0.25, 0.3) is 0 Å². The van der Waals surface area contributed by atoms with Crippen LogP contribution in [0.4, 0.5) is 0 Å². The third-order valence-corrected chi connectivity index (χ3v) is 1.42. The van der Waals surface area contributed by atoms with Crippen molar-refractivity contribution < 1.29 is 9.37 Å². The van der Waals surface area contributed by atoms with Crippen LogP contribution in [0.5, 0.6) is 0 Å². The van der Waals surface area contributed by atoms with Gasteiger partial charge in [0.2, 0.25) is 0 Å². The van der Waals surface area contributed by atoms with Crippen molar-refractivity contribution in [2.75, 3.05) is 6.54 Å². The molecular formula is C6H10NO+. The lowest BCUT2D eigenvalue weighted by Crippen LogP contribution is -2.11. The Bertz CT molecular complexity index is 137. The molecule has 0 saturated carbocycles. The Hall–Kier alpha value is -0.660. The van der Waals surface area contributed by atoms with E-state index in [0.717, 1.165) is 19.4 Å². The quantitative estimate of drug-likeness (QED) is 0.415. The van der Waals surface area contributed by atoms with E-state index in [1.54, 1.807) is 4.58 Å². The van der Waals surface area contributed by atoms with Gasteiger partial charge in [-0.1, -0.05) is 0 Å². The smallest absolute Gasteiger partial charge is 0.220 e. The standard InChI is InChI=1S/C6H10NO/c1-2-7-5-3-4-6(7)8/h2H,3-5H2,1H3/q+1. The predicted molar refractivity (Wildman–Crippen MR) is 31.1 cm³/mol. The third kappa shape index (κ3) is 0.782. The highest BCUT2D eigenvalue weighted by Gasteiger charge is 2.22. The van der Waals surface area contributed by atoms with Crippen molar-refractivity contribution in [3.05, 3.63) is 0 Å². The first-order valence-electron chi connectivity index (χ1n) is 2.93. The van der Waals surface area contributed by atoms with Crippen molar-refractivity contribution in [1.29, 1.82) is 0 Å². The lowest BCUT2D eigenvalue weighted by atomic mass is 10.4. The van der Waals surface area contributed by atoms with Crippen LogP contribution in [0.1, 0.15) is 19.8 Å². The molecule has 1 amide bonds. The summed E-state index contributed by atoms with van der Waals surface area (Å²) in [4.78, 5) is 10.7. The van der Waals surface area contributed by atoms with E-state index in [-0.39, 0.29) is 5.91 Å². The minimum Gasteiger partial charge on any atom is -0.220 e. The molecule has 1 aliphatic rings. The van der Waals surface area contributed by atoms with E-state index in [4.69, 9.17) is 0 Å². The van der Waals surface area contributed by atoms with Gasteiger partial charge in [-0.15, -0.1) is 0 Å². The molecule has 0 atom stereocenters. The second-order valence-corrected chi connectivity index (χ2v) is 1.95. The highest BCUT2D eigenvalue weighted by Crippen LogP contribution is 2.01. The van der Waals surface area contributed by atoms with Crippen molar-refractivity contribution in [3.63, 3.8) is 0 Å². The Morgan fingerprint density at radius 1 is 1.75 bits per heavy atom. The van der Waals surface area contributed by atoms with Crippen molar-refractivity contribution >= 4 is 12.1 Å². The van der Waals surface area contributed by atoms with Gasteiger partial charge in [0.1, 0.15) is 6.21 Å². The number of rotatable bonds is 0. The first-order chi connectivity index (χ1) is 3.84. The largest absolute Gasteiger partial charge is 0.386 e. The van der Waals surface area contributed by atoms with Crippen molar-refractivity contribution in [2.24, 2.45) is 0 Å². The molecule has 1 rings (SSSR count). The van der Waals surface area contributed by atoms with Gasteiger partial charge in [-0.25, -0.2) is 4.79 Å². The van der Waals surface area contributed by atoms with Gasteiger partial charge < -0.3 is 0 Å². The molecule has 1 aliphatic heterocycles. The lowest BCUT2D eigenvalue weighted by molar-refractivity contribution is -0.429. The summed E-state index contributed by atoms with van der Waals surface area (Å²) in [6, 6.07) is 0. The number of hydrogen-bond donors (Lipinski definition) is 0. The molecular weight excluding hydrogens is 102 g/mol. The molecule has 1 heterocycles. The predicted octanol–water partition coefficient (Wildman–Crippen LogP) is 0.410. The molecule has 0 aromatic heterocycles. The monoisotopic (exact) mass is 112 g/mol. The van der Waals surface area contributed by atoms with Gasteiger partial charge in [0.05, 0.1) is 6.42 Å². The minimum absolute atomic E-state index is 0.271. The summed E-state index contributed by atoms with van der Waals surface area (Å²) >= 11 is 0. The van der Waals surface area contributed by atoms with Crippen LogP contribution in [0, 0.1) is 0 Å². The van der Waals surface area contributed by atoms with Crippen LogP contribution in [-0.2, 0) is 4.79 Å². The van der Waals surface area contributed by atoms with E-state index in [1.807, 2.05) is 13.1 Å². The maximum atomic E-state index is 10.7. The average molecular weight is 112 g/mol. The zero-order valence-corrected chi connectivity index (χ0v) is 5.05. The number of carbonyl (C=O) groups excluding carboxylic acids is 1. The maximum absolute atomic E-state index is 10.7. The molecule has 2 nitrogen and oxygen atoms in total. The third-order valence-electron chi connectivity index (χ3n) is 1.42. The van der Waals surface area contributed by atoms with Crippen molar-refractivity contribution in [2.45, 2.75) is 19.8 Å². The summed E-state index contributed by atoms with van der Waals surface area (Å²) < 4.78 is 1.76. The minimum atomic E-state index is 0.271. The Morgan fingerprint density at radius 3 is 2.75 bits per heavy atom. The molecule has 0 spiro atoms. The summed E-state index contributed by atoms with van der Waals surface area (Å²) in [5, 5.41) is 0. The lowest BCUT2D eigenvalue weighted by Gasteiger charge is -1.81. The highest BCUT2D eigenvalue weighted by atomic mass is 16.2. The van der Waals surface area contributed by atoms with Gasteiger partial charge in [-0.3, -0.25) is 0 Å². The Labute approximate surface area is 48.8 Å². The molecule has 44 valence electrons. The van der Waals surface area contributed by atoms with Crippen LogP contribution in [0.15, 0.2) is 0 Å². The molecule has 0 aliphatic carbocycles. The number of hydrogen-bond acceptors (Lipinski definition) is 1. The molecule has 0 aromatic rings. The fraction of sp³-hybridized carbons (Fsp3) is 0.667. The van der Waals surface area contributed by atoms with Crippen LogP contribution >= 0.6 is 0 Å². The Kier molecular flexibility index (Phi) is 1.42. The van der Waals surface area contributed by atoms with E-state index >= 15 is 0 Å². The van der Waals surface area contributed by atoms with Crippen LogP contribution in [-0.4, -0.2) is 23.2 Å². The van der Waals surface area contributed by atoms with Gasteiger partial charge in [-0.2, -0.15) is 4.58 Å². The molecule has 0 N–H and O–H groups in total. The van der Waals surface area contributed by atoms with E-state index in [2.05, 4.69) is 0 Å². The van der Waals surface area contributed by atoms with Crippen molar-refractivity contribution in [1.82, 2.24) is 0 Å². The molecule has 1 fully saturated rings. The van der Waals surface area contributed by atoms with Gasteiger partial charge in [0.15, 0.2) is 6.54 Å².